The summed E-state index contributed by atoms with van der Waals surface area (Å²) in [5.41, 5.74) is 1.95. The summed E-state index contributed by atoms with van der Waals surface area (Å²) < 4.78 is 5.48. The second-order valence-corrected chi connectivity index (χ2v) is 5.98. The summed E-state index contributed by atoms with van der Waals surface area (Å²) in [7, 11) is 1.50. The van der Waals surface area contributed by atoms with Gasteiger partial charge in [0.25, 0.3) is 5.91 Å². The number of rotatable bonds is 6. The zero-order chi connectivity index (χ0) is 17.7. The number of carbonyl (C=O) groups excluding carboxylic acids is 1. The Kier molecular flexibility index (Phi) is 5.92. The number of nitrogens with zero attached hydrogens (tertiary/aromatic N) is 1. The van der Waals surface area contributed by atoms with Gasteiger partial charge in [-0.2, -0.15) is 0 Å². The smallest absolute Gasteiger partial charge is 0.305 e. The van der Waals surface area contributed by atoms with E-state index in [-0.39, 0.29) is 12.1 Å². The molecule has 7 heteroatoms. The third kappa shape index (κ3) is 4.55. The van der Waals surface area contributed by atoms with E-state index in [9.17, 15) is 9.59 Å². The molecule has 0 saturated heterocycles. The number of hydrogen-bond acceptors (Lipinski definition) is 4. The van der Waals surface area contributed by atoms with E-state index in [4.69, 9.17) is 9.84 Å². The number of carboxylic acid groups (broad SMARTS) is 1. The molecule has 2 N–H and O–H groups in total. The summed E-state index contributed by atoms with van der Waals surface area (Å²) in [6, 6.07) is 9.85. The number of nitrogens with one attached hydrogen (secondary N) is 1. The van der Waals surface area contributed by atoms with E-state index in [1.807, 2.05) is 19.1 Å². The van der Waals surface area contributed by atoms with Crippen LogP contribution in [0.15, 0.2) is 41.0 Å². The number of aryl methyl sites for hydroxylation is 1. The fourth-order valence-corrected chi connectivity index (χ4v) is 2.64. The molecule has 0 radical (unpaired) electrons. The average molecular weight is 393 g/mol. The van der Waals surface area contributed by atoms with Crippen molar-refractivity contribution in [3.8, 4) is 5.75 Å². The van der Waals surface area contributed by atoms with Crippen molar-refractivity contribution in [2.75, 3.05) is 7.11 Å². The molecule has 1 heterocycles. The van der Waals surface area contributed by atoms with Crippen LogP contribution in [-0.2, 0) is 4.79 Å². The van der Waals surface area contributed by atoms with Crippen LogP contribution < -0.4 is 10.1 Å². The second kappa shape index (κ2) is 7.92. The quantitative estimate of drug-likeness (QED) is 0.737. The number of aromatic nitrogens is 1. The van der Waals surface area contributed by atoms with Gasteiger partial charge in [-0.25, -0.2) is 4.98 Å². The first-order chi connectivity index (χ1) is 11.4. The molecule has 0 spiro atoms. The van der Waals surface area contributed by atoms with Crippen molar-refractivity contribution in [2.24, 2.45) is 0 Å². The molecule has 2 aromatic rings. The Hall–Kier alpha value is -2.41. The molecule has 1 unspecified atom stereocenters. The summed E-state index contributed by atoms with van der Waals surface area (Å²) in [4.78, 5) is 27.6. The van der Waals surface area contributed by atoms with E-state index in [1.54, 1.807) is 18.2 Å². The van der Waals surface area contributed by atoms with Crippen LogP contribution in [0.5, 0.6) is 5.75 Å². The molecule has 24 heavy (non-hydrogen) atoms. The van der Waals surface area contributed by atoms with Crippen LogP contribution in [0.25, 0.3) is 0 Å². The van der Waals surface area contributed by atoms with Crippen molar-refractivity contribution in [3.05, 3.63) is 57.8 Å². The molecule has 1 amide bonds. The maximum atomic E-state index is 12.4. The van der Waals surface area contributed by atoms with Crippen molar-refractivity contribution >= 4 is 27.8 Å². The molecule has 0 aliphatic rings. The fraction of sp³-hybridized carbons (Fsp3) is 0.235. The topological polar surface area (TPSA) is 88.5 Å². The number of ether oxygens (including phenoxy) is 1. The summed E-state index contributed by atoms with van der Waals surface area (Å²) in [5.74, 6) is -0.943. The van der Waals surface area contributed by atoms with E-state index in [1.165, 1.54) is 13.2 Å². The lowest BCUT2D eigenvalue weighted by Gasteiger charge is -2.17. The minimum Gasteiger partial charge on any atom is -0.494 e. The standard InChI is InChI=1S/C17H17BrN2O4/c1-10-3-5-11(6-4-10)13(9-15(21)22)20-17(23)12-7-8-14(24-2)16(18)19-12/h3-8,13H,9H2,1-2H3,(H,20,23)(H,21,22). The predicted octanol–water partition coefficient (Wildman–Crippen LogP) is 3.11. The van der Waals surface area contributed by atoms with Gasteiger partial charge in [0.1, 0.15) is 10.3 Å². The van der Waals surface area contributed by atoms with Gasteiger partial charge in [0.2, 0.25) is 0 Å². The van der Waals surface area contributed by atoms with Crippen LogP contribution in [0.4, 0.5) is 0 Å². The Morgan fingerprint density at radius 3 is 2.46 bits per heavy atom. The van der Waals surface area contributed by atoms with Crippen LogP contribution in [-0.4, -0.2) is 29.1 Å². The van der Waals surface area contributed by atoms with E-state index < -0.39 is 17.9 Å². The fourth-order valence-electron chi connectivity index (χ4n) is 2.16. The molecule has 1 atom stereocenters. The van der Waals surface area contributed by atoms with Gasteiger partial charge in [-0.05, 0) is 40.5 Å². The number of amides is 1. The van der Waals surface area contributed by atoms with E-state index in [0.717, 1.165) is 11.1 Å². The molecule has 0 aliphatic heterocycles. The van der Waals surface area contributed by atoms with Crippen molar-refractivity contribution < 1.29 is 19.4 Å². The summed E-state index contributed by atoms with van der Waals surface area (Å²) in [6.07, 6.45) is -0.216. The first kappa shape index (κ1) is 17.9. The van der Waals surface area contributed by atoms with E-state index in [0.29, 0.717) is 10.4 Å². The van der Waals surface area contributed by atoms with Gasteiger partial charge < -0.3 is 15.2 Å². The normalized spacial score (nSPS) is 11.6. The molecule has 0 saturated carbocycles. The van der Waals surface area contributed by atoms with Crippen LogP contribution in [0.3, 0.4) is 0 Å². The molecule has 0 fully saturated rings. The number of benzene rings is 1. The Morgan fingerprint density at radius 2 is 1.92 bits per heavy atom. The Bertz CT molecular complexity index is 747. The summed E-state index contributed by atoms with van der Waals surface area (Å²) in [5, 5.41) is 11.8. The Morgan fingerprint density at radius 1 is 1.25 bits per heavy atom. The lowest BCUT2D eigenvalue weighted by molar-refractivity contribution is -0.137. The Labute approximate surface area is 148 Å². The van der Waals surface area contributed by atoms with Crippen molar-refractivity contribution in [2.45, 2.75) is 19.4 Å². The number of carboxylic acids is 1. The van der Waals surface area contributed by atoms with Gasteiger partial charge in [-0.15, -0.1) is 0 Å². The SMILES string of the molecule is COc1ccc(C(=O)NC(CC(=O)O)c2ccc(C)cc2)nc1Br. The zero-order valence-corrected chi connectivity index (χ0v) is 14.8. The first-order valence-electron chi connectivity index (χ1n) is 7.20. The predicted molar refractivity (Wildman–Crippen MR) is 92.1 cm³/mol. The van der Waals surface area contributed by atoms with Crippen LogP contribution in [0.1, 0.15) is 34.1 Å². The molecular formula is C17H17BrN2O4. The second-order valence-electron chi connectivity index (χ2n) is 5.22. The molecule has 1 aromatic carbocycles. The number of pyridine rings is 1. The number of methoxy groups -OCH3 is 1. The number of carbonyl (C=O) groups is 2. The number of aliphatic carboxylic acids is 1. The van der Waals surface area contributed by atoms with Crippen molar-refractivity contribution in [1.82, 2.24) is 10.3 Å². The van der Waals surface area contributed by atoms with Crippen LogP contribution in [0, 0.1) is 6.92 Å². The zero-order valence-electron chi connectivity index (χ0n) is 13.2. The molecule has 2 rings (SSSR count). The van der Waals surface area contributed by atoms with Crippen molar-refractivity contribution in [1.29, 1.82) is 0 Å². The van der Waals surface area contributed by atoms with Gasteiger partial charge in [-0.1, -0.05) is 29.8 Å². The van der Waals surface area contributed by atoms with Gasteiger partial charge in [0.15, 0.2) is 5.75 Å². The monoisotopic (exact) mass is 392 g/mol. The van der Waals surface area contributed by atoms with Crippen LogP contribution in [0.2, 0.25) is 0 Å². The first-order valence-corrected chi connectivity index (χ1v) is 7.99. The van der Waals surface area contributed by atoms with Gasteiger partial charge in [-0.3, -0.25) is 9.59 Å². The third-order valence-corrected chi connectivity index (χ3v) is 4.00. The molecule has 0 bridgehead atoms. The maximum absolute atomic E-state index is 12.4. The molecule has 1 aromatic heterocycles. The van der Waals surface area contributed by atoms with Gasteiger partial charge >= 0.3 is 5.97 Å². The van der Waals surface area contributed by atoms with Crippen LogP contribution >= 0.6 is 15.9 Å². The highest BCUT2D eigenvalue weighted by molar-refractivity contribution is 9.10. The summed E-state index contributed by atoms with van der Waals surface area (Å²) >= 11 is 3.22. The number of hydrogen-bond donors (Lipinski definition) is 2. The minimum atomic E-state index is -0.996. The third-order valence-electron chi connectivity index (χ3n) is 3.43. The lowest BCUT2D eigenvalue weighted by Crippen LogP contribution is -2.30. The minimum absolute atomic E-state index is 0.171. The van der Waals surface area contributed by atoms with Gasteiger partial charge in [0.05, 0.1) is 19.6 Å². The average Bonchev–Trinajstić information content (AvgIpc) is 2.54. The largest absolute Gasteiger partial charge is 0.494 e. The highest BCUT2D eigenvalue weighted by Crippen LogP contribution is 2.23. The molecular weight excluding hydrogens is 376 g/mol. The highest BCUT2D eigenvalue weighted by Gasteiger charge is 2.20. The van der Waals surface area contributed by atoms with Crippen molar-refractivity contribution in [3.63, 3.8) is 0 Å². The van der Waals surface area contributed by atoms with Gasteiger partial charge in [0, 0.05) is 0 Å². The highest BCUT2D eigenvalue weighted by atomic mass is 79.9. The molecule has 6 nitrogen and oxygen atoms in total. The molecule has 0 aliphatic carbocycles. The summed E-state index contributed by atoms with van der Waals surface area (Å²) in [6.45, 7) is 1.94. The van der Waals surface area contributed by atoms with E-state index in [2.05, 4.69) is 26.2 Å². The Balaban J connectivity index is 2.22. The number of halogens is 1. The molecule has 126 valence electrons. The lowest BCUT2D eigenvalue weighted by atomic mass is 10.0. The maximum Gasteiger partial charge on any atom is 0.305 e. The van der Waals surface area contributed by atoms with E-state index >= 15 is 0 Å².